The van der Waals surface area contributed by atoms with Gasteiger partial charge in [0, 0.05) is 24.2 Å². The van der Waals surface area contributed by atoms with Crippen LogP contribution in [0, 0.1) is 5.92 Å². The van der Waals surface area contributed by atoms with Crippen LogP contribution in [-0.4, -0.2) is 30.4 Å². The standard InChI is InChI=1S/C15H15NO3S/c1-19-15(18)10-6-14(17)16(7-10)8-11-9-20-13-5-3-2-4-12(11)13/h2-5,9-10H,6-8H2,1H3. The molecule has 1 unspecified atom stereocenters. The Morgan fingerprint density at radius 2 is 2.25 bits per heavy atom. The van der Waals surface area contributed by atoms with E-state index in [9.17, 15) is 9.59 Å². The van der Waals surface area contributed by atoms with Gasteiger partial charge in [0.25, 0.3) is 0 Å². The number of nitrogens with zero attached hydrogens (tertiary/aromatic N) is 1. The molecule has 1 fully saturated rings. The highest BCUT2D eigenvalue weighted by Gasteiger charge is 2.35. The molecule has 2 aromatic rings. The van der Waals surface area contributed by atoms with Crippen LogP contribution >= 0.6 is 11.3 Å². The van der Waals surface area contributed by atoms with Gasteiger partial charge in [0.1, 0.15) is 0 Å². The van der Waals surface area contributed by atoms with Gasteiger partial charge < -0.3 is 9.64 Å². The molecule has 2 heterocycles. The Balaban J connectivity index is 1.78. The van der Waals surface area contributed by atoms with Crippen LogP contribution < -0.4 is 0 Å². The zero-order valence-electron chi connectivity index (χ0n) is 11.2. The Labute approximate surface area is 120 Å². The highest BCUT2D eigenvalue weighted by atomic mass is 32.1. The summed E-state index contributed by atoms with van der Waals surface area (Å²) in [5, 5.41) is 3.27. The first-order chi connectivity index (χ1) is 9.69. The number of esters is 1. The Hall–Kier alpha value is -1.88. The van der Waals surface area contributed by atoms with Crippen molar-refractivity contribution in [3.63, 3.8) is 0 Å². The summed E-state index contributed by atoms with van der Waals surface area (Å²) in [6.45, 7) is 1.02. The van der Waals surface area contributed by atoms with Gasteiger partial charge in [-0.05, 0) is 22.4 Å². The van der Waals surface area contributed by atoms with Gasteiger partial charge in [-0.1, -0.05) is 18.2 Å². The van der Waals surface area contributed by atoms with E-state index in [0.717, 1.165) is 5.56 Å². The van der Waals surface area contributed by atoms with Crippen molar-refractivity contribution in [2.45, 2.75) is 13.0 Å². The third kappa shape index (κ3) is 2.29. The SMILES string of the molecule is COC(=O)C1CC(=O)N(Cc2csc3ccccc23)C1. The molecule has 1 saturated heterocycles. The smallest absolute Gasteiger partial charge is 0.310 e. The van der Waals surface area contributed by atoms with Crippen LogP contribution in [0.15, 0.2) is 29.6 Å². The van der Waals surface area contributed by atoms with Gasteiger partial charge in [-0.25, -0.2) is 0 Å². The molecule has 3 rings (SSSR count). The van der Waals surface area contributed by atoms with Crippen molar-refractivity contribution in [3.8, 4) is 0 Å². The lowest BCUT2D eigenvalue weighted by Gasteiger charge is -2.15. The number of rotatable bonds is 3. The molecule has 0 radical (unpaired) electrons. The summed E-state index contributed by atoms with van der Waals surface area (Å²) in [6.07, 6.45) is 0.259. The first-order valence-electron chi connectivity index (χ1n) is 6.49. The number of ether oxygens (including phenoxy) is 1. The van der Waals surface area contributed by atoms with Crippen LogP contribution in [0.5, 0.6) is 0 Å². The molecule has 1 aromatic carbocycles. The summed E-state index contributed by atoms with van der Waals surface area (Å²) in [7, 11) is 1.36. The number of benzene rings is 1. The Morgan fingerprint density at radius 3 is 3.05 bits per heavy atom. The maximum Gasteiger partial charge on any atom is 0.310 e. The van der Waals surface area contributed by atoms with E-state index in [-0.39, 0.29) is 24.2 Å². The summed E-state index contributed by atoms with van der Waals surface area (Å²) in [5.74, 6) is -0.593. The average molecular weight is 289 g/mol. The van der Waals surface area contributed by atoms with Gasteiger partial charge in [0.05, 0.1) is 13.0 Å². The Bertz CT molecular complexity index is 664. The molecule has 0 aliphatic carbocycles. The molecular formula is C15H15NO3S. The van der Waals surface area contributed by atoms with Crippen LogP contribution in [-0.2, 0) is 20.9 Å². The quantitative estimate of drug-likeness (QED) is 0.815. The van der Waals surface area contributed by atoms with Crippen molar-refractivity contribution in [3.05, 3.63) is 35.2 Å². The molecule has 1 aliphatic rings. The maximum atomic E-state index is 12.0. The van der Waals surface area contributed by atoms with Gasteiger partial charge in [-0.15, -0.1) is 11.3 Å². The van der Waals surface area contributed by atoms with E-state index >= 15 is 0 Å². The second-order valence-corrected chi connectivity index (χ2v) is 5.87. The molecule has 5 heteroatoms. The minimum Gasteiger partial charge on any atom is -0.469 e. The predicted molar refractivity (Wildman–Crippen MR) is 77.4 cm³/mol. The van der Waals surface area contributed by atoms with Gasteiger partial charge in [0.2, 0.25) is 5.91 Å². The van der Waals surface area contributed by atoms with Gasteiger partial charge >= 0.3 is 5.97 Å². The van der Waals surface area contributed by atoms with E-state index in [1.165, 1.54) is 17.2 Å². The summed E-state index contributed by atoms with van der Waals surface area (Å²) in [4.78, 5) is 25.3. The summed E-state index contributed by atoms with van der Waals surface area (Å²) < 4.78 is 5.94. The zero-order valence-corrected chi connectivity index (χ0v) is 12.0. The molecule has 1 amide bonds. The highest BCUT2D eigenvalue weighted by molar-refractivity contribution is 7.17. The Morgan fingerprint density at radius 1 is 1.45 bits per heavy atom. The molecule has 4 nitrogen and oxygen atoms in total. The van der Waals surface area contributed by atoms with Crippen LogP contribution in [0.4, 0.5) is 0 Å². The van der Waals surface area contributed by atoms with Crippen molar-refractivity contribution in [2.75, 3.05) is 13.7 Å². The number of likely N-dealkylation sites (tertiary alicyclic amines) is 1. The third-order valence-electron chi connectivity index (χ3n) is 3.67. The second-order valence-electron chi connectivity index (χ2n) is 4.96. The molecular weight excluding hydrogens is 274 g/mol. The first kappa shape index (κ1) is 13.1. The number of hydrogen-bond acceptors (Lipinski definition) is 4. The molecule has 0 spiro atoms. The van der Waals surface area contributed by atoms with E-state index in [1.54, 1.807) is 16.2 Å². The lowest BCUT2D eigenvalue weighted by molar-refractivity contribution is -0.145. The number of carbonyl (C=O) groups is 2. The number of hydrogen-bond donors (Lipinski definition) is 0. The molecule has 104 valence electrons. The molecule has 1 aliphatic heterocycles. The van der Waals surface area contributed by atoms with E-state index in [0.29, 0.717) is 13.1 Å². The minimum absolute atomic E-state index is 0.0238. The van der Waals surface area contributed by atoms with Crippen molar-refractivity contribution in [1.82, 2.24) is 4.90 Å². The van der Waals surface area contributed by atoms with E-state index in [2.05, 4.69) is 17.5 Å². The van der Waals surface area contributed by atoms with Crippen molar-refractivity contribution >= 4 is 33.3 Å². The van der Waals surface area contributed by atoms with Crippen molar-refractivity contribution in [1.29, 1.82) is 0 Å². The second kappa shape index (κ2) is 5.25. The number of amides is 1. The van der Waals surface area contributed by atoms with Crippen LogP contribution in [0.3, 0.4) is 0 Å². The summed E-state index contributed by atoms with van der Waals surface area (Å²) >= 11 is 1.68. The molecule has 1 aromatic heterocycles. The van der Waals surface area contributed by atoms with Crippen LogP contribution in [0.1, 0.15) is 12.0 Å². The maximum absolute atomic E-state index is 12.0. The third-order valence-corrected chi connectivity index (χ3v) is 4.68. The normalized spacial score (nSPS) is 18.8. The fourth-order valence-corrected chi connectivity index (χ4v) is 3.56. The largest absolute Gasteiger partial charge is 0.469 e. The molecule has 0 N–H and O–H groups in total. The lowest BCUT2D eigenvalue weighted by Crippen LogP contribution is -2.26. The lowest BCUT2D eigenvalue weighted by atomic mass is 10.1. The number of thiophene rings is 1. The monoisotopic (exact) mass is 289 g/mol. The van der Waals surface area contributed by atoms with Gasteiger partial charge in [-0.3, -0.25) is 9.59 Å². The fourth-order valence-electron chi connectivity index (χ4n) is 2.61. The molecule has 0 saturated carbocycles. The highest BCUT2D eigenvalue weighted by Crippen LogP contribution is 2.29. The number of fused-ring (bicyclic) bond motifs is 1. The van der Waals surface area contributed by atoms with E-state index in [4.69, 9.17) is 4.74 Å². The molecule has 0 bridgehead atoms. The van der Waals surface area contributed by atoms with E-state index in [1.807, 2.05) is 12.1 Å². The fraction of sp³-hybridized carbons (Fsp3) is 0.333. The zero-order chi connectivity index (χ0) is 14.1. The van der Waals surface area contributed by atoms with Gasteiger partial charge in [0.15, 0.2) is 0 Å². The van der Waals surface area contributed by atoms with E-state index < -0.39 is 0 Å². The van der Waals surface area contributed by atoms with Crippen LogP contribution in [0.2, 0.25) is 0 Å². The van der Waals surface area contributed by atoms with Crippen molar-refractivity contribution in [2.24, 2.45) is 5.92 Å². The summed E-state index contributed by atoms with van der Waals surface area (Å²) in [6, 6.07) is 8.16. The summed E-state index contributed by atoms with van der Waals surface area (Å²) in [5.41, 5.74) is 1.14. The van der Waals surface area contributed by atoms with Gasteiger partial charge in [-0.2, -0.15) is 0 Å². The molecule has 1 atom stereocenters. The van der Waals surface area contributed by atoms with Crippen LogP contribution in [0.25, 0.3) is 10.1 Å². The topological polar surface area (TPSA) is 46.6 Å². The average Bonchev–Trinajstić information content (AvgIpc) is 3.04. The minimum atomic E-state index is -0.322. The predicted octanol–water partition coefficient (Wildman–Crippen LogP) is 2.42. The first-order valence-corrected chi connectivity index (χ1v) is 7.37. The number of methoxy groups -OCH3 is 1. The van der Waals surface area contributed by atoms with Crippen molar-refractivity contribution < 1.29 is 14.3 Å². The Kier molecular flexibility index (Phi) is 3.44. The molecule has 20 heavy (non-hydrogen) atoms. The number of carbonyl (C=O) groups excluding carboxylic acids is 2.